The molecule has 0 spiro atoms. The van der Waals surface area contributed by atoms with Crippen LogP contribution in [0.4, 0.5) is 23.1 Å². The Morgan fingerprint density at radius 1 is 0.841 bits per heavy atom. The molecule has 2 aliphatic carbocycles. The molecule has 0 bridgehead atoms. The number of carboxylic acids is 1. The van der Waals surface area contributed by atoms with Gasteiger partial charge in [-0.15, -0.1) is 0 Å². The molecule has 3 amide bonds. The zero-order chi connectivity index (χ0) is 48.0. The Hall–Kier alpha value is -7.73. The first kappa shape index (κ1) is 46.4. The average molecular weight is 950 g/mol. The largest absolute Gasteiger partial charge is 0.508 e. The summed E-state index contributed by atoms with van der Waals surface area (Å²) in [5.74, 6) is 1.08. The summed E-state index contributed by atoms with van der Waals surface area (Å²) in [5, 5.41) is 41.0. The Bertz CT molecular complexity index is 3070. The highest BCUT2D eigenvalue weighted by Gasteiger charge is 2.30. The lowest BCUT2D eigenvalue weighted by Gasteiger charge is -2.33. The molecule has 17 nitrogen and oxygen atoms in total. The topological polar surface area (TPSA) is 245 Å². The maximum Gasteiger partial charge on any atom is 0.336 e. The molecule has 1 saturated heterocycles. The highest BCUT2D eigenvalue weighted by Crippen LogP contribution is 2.42. The standard InChI is InChI=1S/C51H51N9O8S/c1-29-23-44(59-58-29)55-43-27-45(57-51(56-43)69-36-13-9-33(10-14-36)54-49(65)31-6-7-31)60-21-18-30(19-22-60)28-53-46(63)5-3-2-4-20-52-48(64)32-8-15-37(40(24-32)50(66)67)47-38-16-11-34(61)25-41(38)68-42-26-35(62)12-17-39(42)47/h8-17,23-27,30-31,61H,2-7,18-22,28H2,1H3,(H,52,64)(H,53,63)(H,54,65)(H,66,67)(H2,55,56,57,58,59). The van der Waals surface area contributed by atoms with Crippen molar-refractivity contribution in [1.82, 2.24) is 30.8 Å². The van der Waals surface area contributed by atoms with Gasteiger partial charge in [0.2, 0.25) is 11.8 Å². The molecule has 0 unspecified atom stereocenters. The van der Waals surface area contributed by atoms with E-state index in [4.69, 9.17) is 14.4 Å². The predicted octanol–water partition coefficient (Wildman–Crippen LogP) is 8.36. The zero-order valence-electron chi connectivity index (χ0n) is 37.8. The Balaban J connectivity index is 0.728. The van der Waals surface area contributed by atoms with Crippen LogP contribution in [0.1, 0.15) is 77.8 Å². The van der Waals surface area contributed by atoms with Gasteiger partial charge in [-0.1, -0.05) is 12.5 Å². The number of phenolic OH excluding ortho intramolecular Hbond substituents is 1. The number of carbonyl (C=O) groups excluding carboxylic acids is 3. The van der Waals surface area contributed by atoms with E-state index in [1.165, 1.54) is 42.1 Å². The monoisotopic (exact) mass is 949 g/mol. The van der Waals surface area contributed by atoms with Crippen LogP contribution < -0.4 is 31.6 Å². The van der Waals surface area contributed by atoms with Crippen molar-refractivity contribution in [3.05, 3.63) is 118 Å². The molecular weight excluding hydrogens is 899 g/mol. The van der Waals surface area contributed by atoms with Crippen molar-refractivity contribution in [2.24, 2.45) is 11.8 Å². The second kappa shape index (κ2) is 20.6. The van der Waals surface area contributed by atoms with E-state index < -0.39 is 11.9 Å². The second-order valence-corrected chi connectivity index (χ2v) is 18.6. The molecule has 18 heteroatoms. The summed E-state index contributed by atoms with van der Waals surface area (Å²) < 4.78 is 5.90. The Labute approximate surface area is 400 Å². The molecule has 4 heterocycles. The van der Waals surface area contributed by atoms with Crippen molar-refractivity contribution < 1.29 is 33.8 Å². The number of carboxylic acid groups (broad SMARTS) is 1. The highest BCUT2D eigenvalue weighted by molar-refractivity contribution is 7.99. The van der Waals surface area contributed by atoms with E-state index in [1.807, 2.05) is 43.3 Å². The van der Waals surface area contributed by atoms with Crippen molar-refractivity contribution in [3.8, 4) is 28.2 Å². The van der Waals surface area contributed by atoms with E-state index in [1.54, 1.807) is 24.3 Å². The maximum absolute atomic E-state index is 13.2. The zero-order valence-corrected chi connectivity index (χ0v) is 38.7. The van der Waals surface area contributed by atoms with Crippen molar-refractivity contribution in [1.29, 1.82) is 0 Å². The number of benzene rings is 4. The van der Waals surface area contributed by atoms with Gasteiger partial charge in [-0.2, -0.15) is 5.10 Å². The number of aromatic carboxylic acids is 1. The van der Waals surface area contributed by atoms with Crippen LogP contribution in [-0.4, -0.2) is 80.2 Å². The Morgan fingerprint density at radius 3 is 2.39 bits per heavy atom. The van der Waals surface area contributed by atoms with Crippen LogP contribution >= 0.6 is 11.8 Å². The minimum Gasteiger partial charge on any atom is -0.508 e. The molecule has 69 heavy (non-hydrogen) atoms. The number of unbranched alkanes of at least 4 members (excludes halogenated alkanes) is 2. The van der Waals surface area contributed by atoms with Gasteiger partial charge in [0.25, 0.3) is 5.91 Å². The van der Waals surface area contributed by atoms with Gasteiger partial charge < -0.3 is 40.8 Å². The van der Waals surface area contributed by atoms with E-state index >= 15 is 0 Å². The summed E-state index contributed by atoms with van der Waals surface area (Å²) in [4.78, 5) is 75.9. The van der Waals surface area contributed by atoms with Gasteiger partial charge in [-0.25, -0.2) is 14.8 Å². The van der Waals surface area contributed by atoms with Crippen LogP contribution in [0.5, 0.6) is 5.75 Å². The second-order valence-electron chi connectivity index (χ2n) is 17.5. The molecule has 7 N–H and O–H groups in total. The number of aromatic hydroxyl groups is 1. The molecule has 9 rings (SSSR count). The SMILES string of the molecule is Cc1cc(Nc2cc(N3CCC(CNC(=O)CCCCCNC(=O)c4ccc(-c5c6ccc(=O)cc-6oc6cc(O)ccc56)c(C(=O)O)c4)CC3)nc(Sc3ccc(NC(=O)C4CC4)cc3)n2)n[nH]1. The average Bonchev–Trinajstić information content (AvgIpc) is 4.12. The number of aromatic amines is 1. The number of aromatic nitrogens is 4. The normalized spacial score (nSPS) is 13.9. The van der Waals surface area contributed by atoms with E-state index in [9.17, 15) is 34.2 Å². The minimum atomic E-state index is -1.24. The molecule has 2 aromatic heterocycles. The fourth-order valence-corrected chi connectivity index (χ4v) is 9.20. The van der Waals surface area contributed by atoms with Gasteiger partial charge in [-0.3, -0.25) is 24.3 Å². The van der Waals surface area contributed by atoms with E-state index in [-0.39, 0.29) is 51.4 Å². The third-order valence-corrected chi connectivity index (χ3v) is 13.2. The number of rotatable bonds is 18. The van der Waals surface area contributed by atoms with Crippen LogP contribution in [0.3, 0.4) is 0 Å². The lowest BCUT2D eigenvalue weighted by molar-refractivity contribution is -0.121. The lowest BCUT2D eigenvalue weighted by atomic mass is 9.90. The first-order valence-electron chi connectivity index (χ1n) is 23.1. The van der Waals surface area contributed by atoms with E-state index in [0.29, 0.717) is 83.6 Å². The predicted molar refractivity (Wildman–Crippen MR) is 262 cm³/mol. The lowest BCUT2D eigenvalue weighted by Crippen LogP contribution is -2.39. The number of amides is 3. The van der Waals surface area contributed by atoms with Gasteiger partial charge in [0.05, 0.1) is 5.56 Å². The minimum absolute atomic E-state index is 0.0132. The smallest absolute Gasteiger partial charge is 0.336 e. The van der Waals surface area contributed by atoms with Crippen molar-refractivity contribution in [2.75, 3.05) is 41.7 Å². The summed E-state index contributed by atoms with van der Waals surface area (Å²) in [6, 6.07) is 24.7. The van der Waals surface area contributed by atoms with Gasteiger partial charge in [0.1, 0.15) is 28.7 Å². The quantitative estimate of drug-likeness (QED) is 0.0243. The number of hydrogen-bond donors (Lipinski definition) is 7. The molecule has 4 aliphatic rings. The van der Waals surface area contributed by atoms with Crippen molar-refractivity contribution in [3.63, 3.8) is 0 Å². The van der Waals surface area contributed by atoms with Gasteiger partial charge in [0, 0.05) is 101 Å². The number of phenols is 1. The van der Waals surface area contributed by atoms with Gasteiger partial charge in [0.15, 0.2) is 16.4 Å². The molecule has 0 radical (unpaired) electrons. The molecule has 1 saturated carbocycles. The molecule has 2 aliphatic heterocycles. The third kappa shape index (κ3) is 11.5. The first-order chi connectivity index (χ1) is 33.4. The maximum atomic E-state index is 13.2. The summed E-state index contributed by atoms with van der Waals surface area (Å²) in [5.41, 5.74) is 3.05. The van der Waals surface area contributed by atoms with Gasteiger partial charge in [-0.05, 0) is 129 Å². The molecule has 2 fully saturated rings. The number of hydrogen-bond acceptors (Lipinski definition) is 13. The molecule has 0 atom stereocenters. The number of anilines is 4. The Kier molecular flexibility index (Phi) is 13.9. The van der Waals surface area contributed by atoms with Crippen molar-refractivity contribution >= 4 is 69.6 Å². The summed E-state index contributed by atoms with van der Waals surface area (Å²) in [7, 11) is 0. The fourth-order valence-electron chi connectivity index (χ4n) is 8.43. The van der Waals surface area contributed by atoms with E-state index in [2.05, 4.69) is 36.4 Å². The number of piperidine rings is 1. The Morgan fingerprint density at radius 2 is 1.64 bits per heavy atom. The van der Waals surface area contributed by atoms with Crippen LogP contribution in [-0.2, 0) is 9.59 Å². The number of H-pyrrole nitrogens is 1. The van der Waals surface area contributed by atoms with Crippen LogP contribution in [0, 0.1) is 18.8 Å². The number of nitrogens with one attached hydrogen (secondary N) is 5. The van der Waals surface area contributed by atoms with Crippen LogP contribution in [0.2, 0.25) is 0 Å². The number of carbonyl (C=O) groups is 4. The van der Waals surface area contributed by atoms with Gasteiger partial charge >= 0.3 is 5.97 Å². The van der Waals surface area contributed by atoms with Crippen LogP contribution in [0.25, 0.3) is 33.4 Å². The molecule has 5 aromatic rings. The summed E-state index contributed by atoms with van der Waals surface area (Å²) >= 11 is 1.44. The highest BCUT2D eigenvalue weighted by atomic mass is 32.2. The molecule has 354 valence electrons. The van der Waals surface area contributed by atoms with Crippen molar-refractivity contribution in [2.45, 2.75) is 68.3 Å². The van der Waals surface area contributed by atoms with Crippen LogP contribution in [0.15, 0.2) is 110 Å². The molecular formula is C51H51N9O8S. The summed E-state index contributed by atoms with van der Waals surface area (Å²) in [6.07, 6.45) is 6.02. The number of aryl methyl sites for hydroxylation is 1. The third-order valence-electron chi connectivity index (χ3n) is 12.3. The van der Waals surface area contributed by atoms with E-state index in [0.717, 1.165) is 60.9 Å². The number of nitrogens with zero attached hydrogens (tertiary/aromatic N) is 4. The first-order valence-corrected chi connectivity index (χ1v) is 23.9. The fraction of sp³-hybridized carbons (Fsp3) is 0.294. The number of fused-ring (bicyclic) bond motifs is 2. The summed E-state index contributed by atoms with van der Waals surface area (Å²) in [6.45, 7) is 4.39. The molecule has 3 aromatic carbocycles.